The third kappa shape index (κ3) is 4.65. The average Bonchev–Trinajstić information content (AvgIpc) is 2.65. The Morgan fingerprint density at radius 2 is 1.19 bits per heavy atom. The summed E-state index contributed by atoms with van der Waals surface area (Å²) in [6.07, 6.45) is 1.02. The number of aliphatic hydroxyl groups is 1. The van der Waals surface area contributed by atoms with Crippen LogP contribution in [0, 0.1) is 20.8 Å². The van der Waals surface area contributed by atoms with Gasteiger partial charge in [-0.2, -0.15) is 0 Å². The molecule has 0 spiro atoms. The zero-order chi connectivity index (χ0) is 19.4. The first kappa shape index (κ1) is 19.3. The lowest BCUT2D eigenvalue weighted by molar-refractivity contribution is 0.0134. The minimum Gasteiger partial charge on any atom is -0.387 e. The maximum absolute atomic E-state index is 11.8. The fourth-order valence-electron chi connectivity index (χ4n) is 3.63. The highest BCUT2D eigenvalue weighted by Gasteiger charge is 2.36. The molecular weight excluding hydrogens is 330 g/mol. The predicted octanol–water partition coefficient (Wildman–Crippen LogP) is 4.83. The zero-order valence-electron chi connectivity index (χ0n) is 16.4. The van der Waals surface area contributed by atoms with Crippen molar-refractivity contribution in [3.05, 3.63) is 106 Å². The van der Waals surface area contributed by atoms with E-state index in [9.17, 15) is 5.11 Å². The van der Waals surface area contributed by atoms with E-state index in [1.807, 2.05) is 31.2 Å². The van der Waals surface area contributed by atoms with Gasteiger partial charge in [0.2, 0.25) is 0 Å². The number of hydrogen-bond acceptors (Lipinski definition) is 2. The van der Waals surface area contributed by atoms with Gasteiger partial charge in [-0.15, -0.1) is 0 Å². The van der Waals surface area contributed by atoms with Crippen molar-refractivity contribution in [1.82, 2.24) is 0 Å². The monoisotopic (exact) mass is 359 g/mol. The summed E-state index contributed by atoms with van der Waals surface area (Å²) in [6.45, 7) is 6.19. The van der Waals surface area contributed by atoms with Crippen molar-refractivity contribution < 1.29 is 5.11 Å². The molecule has 0 fully saturated rings. The van der Waals surface area contributed by atoms with Crippen molar-refractivity contribution in [3.63, 3.8) is 0 Å². The molecule has 140 valence electrons. The number of aryl methyl sites for hydroxylation is 3. The first-order valence-corrected chi connectivity index (χ1v) is 9.52. The Bertz CT molecular complexity index is 833. The van der Waals surface area contributed by atoms with Crippen molar-refractivity contribution in [1.29, 1.82) is 0 Å². The van der Waals surface area contributed by atoms with Gasteiger partial charge in [-0.3, -0.25) is 0 Å². The Morgan fingerprint density at radius 1 is 0.741 bits per heavy atom. The molecule has 2 heteroatoms. The van der Waals surface area contributed by atoms with Crippen LogP contribution >= 0.6 is 0 Å². The van der Waals surface area contributed by atoms with Crippen LogP contribution in [0.15, 0.2) is 72.8 Å². The van der Waals surface area contributed by atoms with Crippen LogP contribution < -0.4 is 5.73 Å². The van der Waals surface area contributed by atoms with E-state index in [1.54, 1.807) is 0 Å². The second-order valence-corrected chi connectivity index (χ2v) is 7.76. The highest BCUT2D eigenvalue weighted by atomic mass is 16.3. The van der Waals surface area contributed by atoms with E-state index in [0.29, 0.717) is 12.8 Å². The SMILES string of the molecule is Cc1ccc(CC(O)(Cc2ccc(C)cc2)C(N)c2ccccc2C)cc1. The summed E-state index contributed by atoms with van der Waals surface area (Å²) >= 11 is 0. The average molecular weight is 360 g/mol. The van der Waals surface area contributed by atoms with Crippen molar-refractivity contribution in [2.45, 2.75) is 45.3 Å². The van der Waals surface area contributed by atoms with E-state index < -0.39 is 11.6 Å². The summed E-state index contributed by atoms with van der Waals surface area (Å²) in [5, 5.41) is 11.8. The van der Waals surface area contributed by atoms with Crippen LogP contribution in [0.5, 0.6) is 0 Å². The Labute approximate surface area is 162 Å². The maximum atomic E-state index is 11.8. The van der Waals surface area contributed by atoms with Gasteiger partial charge in [-0.05, 0) is 43.0 Å². The van der Waals surface area contributed by atoms with Gasteiger partial charge >= 0.3 is 0 Å². The smallest absolute Gasteiger partial charge is 0.0919 e. The van der Waals surface area contributed by atoms with Gasteiger partial charge in [0.05, 0.1) is 11.6 Å². The number of benzene rings is 3. The van der Waals surface area contributed by atoms with Gasteiger partial charge in [0, 0.05) is 12.8 Å². The lowest BCUT2D eigenvalue weighted by Crippen LogP contribution is -2.45. The molecule has 3 aromatic rings. The van der Waals surface area contributed by atoms with Gasteiger partial charge in [0.1, 0.15) is 0 Å². The van der Waals surface area contributed by atoms with Gasteiger partial charge in [0.25, 0.3) is 0 Å². The molecule has 0 heterocycles. The van der Waals surface area contributed by atoms with Crippen LogP contribution in [0.3, 0.4) is 0 Å². The molecule has 0 radical (unpaired) electrons. The van der Waals surface area contributed by atoms with Crippen LogP contribution in [0.1, 0.15) is 39.4 Å². The second kappa shape index (κ2) is 8.08. The molecule has 0 bridgehead atoms. The summed E-state index contributed by atoms with van der Waals surface area (Å²) < 4.78 is 0. The van der Waals surface area contributed by atoms with Crippen LogP contribution in [0.25, 0.3) is 0 Å². The first-order valence-electron chi connectivity index (χ1n) is 9.52. The highest BCUT2D eigenvalue weighted by Crippen LogP contribution is 2.32. The van der Waals surface area contributed by atoms with E-state index in [4.69, 9.17) is 5.73 Å². The van der Waals surface area contributed by atoms with Gasteiger partial charge in [-0.1, -0.05) is 83.9 Å². The van der Waals surface area contributed by atoms with Crippen molar-refractivity contribution >= 4 is 0 Å². The van der Waals surface area contributed by atoms with E-state index >= 15 is 0 Å². The zero-order valence-corrected chi connectivity index (χ0v) is 16.4. The van der Waals surface area contributed by atoms with Crippen LogP contribution in [0.4, 0.5) is 0 Å². The molecule has 1 unspecified atom stereocenters. The quantitative estimate of drug-likeness (QED) is 0.662. The van der Waals surface area contributed by atoms with E-state index in [2.05, 4.69) is 62.4 Å². The molecule has 3 aromatic carbocycles. The van der Waals surface area contributed by atoms with E-state index in [1.165, 1.54) is 11.1 Å². The Morgan fingerprint density at radius 3 is 1.63 bits per heavy atom. The first-order chi connectivity index (χ1) is 12.9. The Hall–Kier alpha value is -2.42. The van der Waals surface area contributed by atoms with Crippen molar-refractivity contribution in [2.75, 3.05) is 0 Å². The highest BCUT2D eigenvalue weighted by molar-refractivity contribution is 5.34. The molecular formula is C25H29NO. The standard InChI is InChI=1S/C25H29NO/c1-18-8-12-21(13-9-18)16-25(27,17-22-14-10-19(2)11-15-22)24(26)23-7-5-4-6-20(23)3/h4-15,24,27H,16-17,26H2,1-3H3. The molecule has 2 nitrogen and oxygen atoms in total. The lowest BCUT2D eigenvalue weighted by Gasteiger charge is -2.35. The topological polar surface area (TPSA) is 46.2 Å². The van der Waals surface area contributed by atoms with Gasteiger partial charge in [-0.25, -0.2) is 0 Å². The molecule has 0 aromatic heterocycles. The summed E-state index contributed by atoms with van der Waals surface area (Å²) in [5.41, 5.74) is 12.3. The molecule has 3 rings (SSSR count). The second-order valence-electron chi connectivity index (χ2n) is 7.76. The largest absolute Gasteiger partial charge is 0.387 e. The fourth-order valence-corrected chi connectivity index (χ4v) is 3.63. The van der Waals surface area contributed by atoms with Crippen molar-refractivity contribution in [3.8, 4) is 0 Å². The molecule has 0 aliphatic rings. The lowest BCUT2D eigenvalue weighted by atomic mass is 9.78. The minimum atomic E-state index is -1.07. The summed E-state index contributed by atoms with van der Waals surface area (Å²) in [4.78, 5) is 0. The van der Waals surface area contributed by atoms with Crippen LogP contribution in [0.2, 0.25) is 0 Å². The Kier molecular flexibility index (Phi) is 5.79. The minimum absolute atomic E-state index is 0.471. The van der Waals surface area contributed by atoms with Crippen molar-refractivity contribution in [2.24, 2.45) is 5.73 Å². The molecule has 3 N–H and O–H groups in total. The van der Waals surface area contributed by atoms with Crippen LogP contribution in [-0.2, 0) is 12.8 Å². The fraction of sp³-hybridized carbons (Fsp3) is 0.280. The summed E-state index contributed by atoms with van der Waals surface area (Å²) in [5.74, 6) is 0. The maximum Gasteiger partial charge on any atom is 0.0919 e. The van der Waals surface area contributed by atoms with E-state index in [0.717, 1.165) is 22.3 Å². The molecule has 27 heavy (non-hydrogen) atoms. The van der Waals surface area contributed by atoms with E-state index in [-0.39, 0.29) is 0 Å². The number of hydrogen-bond donors (Lipinski definition) is 2. The normalized spacial score (nSPS) is 12.8. The Balaban J connectivity index is 1.97. The molecule has 0 aliphatic carbocycles. The third-order valence-electron chi connectivity index (χ3n) is 5.36. The number of nitrogens with two attached hydrogens (primary N) is 1. The molecule has 1 atom stereocenters. The molecule has 0 saturated heterocycles. The molecule has 0 amide bonds. The molecule has 0 aliphatic heterocycles. The molecule has 0 saturated carbocycles. The van der Waals surface area contributed by atoms with Gasteiger partial charge < -0.3 is 10.8 Å². The predicted molar refractivity (Wildman–Crippen MR) is 113 cm³/mol. The van der Waals surface area contributed by atoms with Gasteiger partial charge in [0.15, 0.2) is 0 Å². The number of rotatable bonds is 6. The summed E-state index contributed by atoms with van der Waals surface area (Å²) in [7, 11) is 0. The van der Waals surface area contributed by atoms with Crippen LogP contribution in [-0.4, -0.2) is 10.7 Å². The summed E-state index contributed by atoms with van der Waals surface area (Å²) in [6, 6.07) is 24.3. The third-order valence-corrected chi connectivity index (χ3v) is 5.36.